The largest absolute Gasteiger partial charge is 0.467 e. The highest BCUT2D eigenvalue weighted by Gasteiger charge is 2.33. The van der Waals surface area contributed by atoms with Crippen LogP contribution >= 0.6 is 0 Å². The summed E-state index contributed by atoms with van der Waals surface area (Å²) in [5, 5.41) is 24.6. The average Bonchev–Trinajstić information content (AvgIpc) is 3.11. The Morgan fingerprint density at radius 2 is 1.12 bits per heavy atom. The van der Waals surface area contributed by atoms with Crippen LogP contribution in [-0.4, -0.2) is 84.2 Å². The smallest absolute Gasteiger partial charge is 0.408 e. The number of esters is 1. The molecule has 0 spiro atoms. The fourth-order valence-corrected chi connectivity index (χ4v) is 5.20. The van der Waals surface area contributed by atoms with Crippen molar-refractivity contribution in [2.45, 2.75) is 104 Å². The molecule has 0 saturated heterocycles. The van der Waals surface area contributed by atoms with Gasteiger partial charge in [-0.2, -0.15) is 0 Å². The zero-order valence-electron chi connectivity index (χ0n) is 31.3. The van der Waals surface area contributed by atoms with Crippen LogP contribution in [0.5, 0.6) is 0 Å². The van der Waals surface area contributed by atoms with E-state index in [1.807, 2.05) is 48.5 Å². The first-order valence-electron chi connectivity index (χ1n) is 17.5. The topological polar surface area (TPSA) is 201 Å². The molecule has 52 heavy (non-hydrogen) atoms. The first-order valence-corrected chi connectivity index (χ1v) is 17.5. The van der Waals surface area contributed by atoms with E-state index in [2.05, 4.69) is 26.6 Å². The van der Waals surface area contributed by atoms with E-state index < -0.39 is 77.9 Å². The minimum Gasteiger partial charge on any atom is -0.467 e. The van der Waals surface area contributed by atoms with Crippen LogP contribution in [0.2, 0.25) is 0 Å². The minimum absolute atomic E-state index is 0.0225. The molecule has 0 fully saturated rings. The maximum absolute atomic E-state index is 13.3. The number of rotatable bonds is 19. The Hall–Kier alpha value is -4.98. The second-order valence-corrected chi connectivity index (χ2v) is 13.7. The highest BCUT2D eigenvalue weighted by atomic mass is 16.5. The number of carbonyl (C=O) groups is 6. The third-order valence-electron chi connectivity index (χ3n) is 8.49. The van der Waals surface area contributed by atoms with Gasteiger partial charge in [0, 0.05) is 5.92 Å². The van der Waals surface area contributed by atoms with Crippen molar-refractivity contribution in [1.29, 1.82) is 0 Å². The molecule has 14 nitrogen and oxygen atoms in total. The monoisotopic (exact) mass is 725 g/mol. The van der Waals surface area contributed by atoms with E-state index in [1.165, 1.54) is 21.0 Å². The molecular formula is C38H55N5O9. The molecule has 7 atom stereocenters. The van der Waals surface area contributed by atoms with Gasteiger partial charge in [-0.05, 0) is 49.7 Å². The molecule has 0 unspecified atom stereocenters. The number of hydrogen-bond donors (Lipinski definition) is 6. The zero-order valence-corrected chi connectivity index (χ0v) is 31.3. The molecule has 0 aliphatic rings. The van der Waals surface area contributed by atoms with E-state index in [1.54, 1.807) is 46.8 Å². The third kappa shape index (κ3) is 14.3. The quantitative estimate of drug-likeness (QED) is 0.118. The van der Waals surface area contributed by atoms with E-state index in [0.29, 0.717) is 0 Å². The molecule has 0 saturated carbocycles. The Kier molecular flexibility index (Phi) is 17.8. The van der Waals surface area contributed by atoms with Crippen molar-refractivity contribution in [3.05, 3.63) is 71.8 Å². The van der Waals surface area contributed by atoms with Gasteiger partial charge in [-0.1, -0.05) is 95.3 Å². The summed E-state index contributed by atoms with van der Waals surface area (Å²) in [7, 11) is 1.23. The van der Waals surface area contributed by atoms with Crippen molar-refractivity contribution < 1.29 is 43.3 Å². The third-order valence-corrected chi connectivity index (χ3v) is 8.49. The lowest BCUT2D eigenvalue weighted by Crippen LogP contribution is -2.56. The molecule has 0 aromatic heterocycles. The Balaban J connectivity index is 2.05. The van der Waals surface area contributed by atoms with Gasteiger partial charge in [0.15, 0.2) is 0 Å². The first-order chi connectivity index (χ1) is 24.5. The number of aliphatic hydroxyl groups is 1. The second-order valence-electron chi connectivity index (χ2n) is 13.7. The van der Waals surface area contributed by atoms with Crippen molar-refractivity contribution in [2.24, 2.45) is 17.8 Å². The summed E-state index contributed by atoms with van der Waals surface area (Å²) in [6.07, 6.45) is -1.85. The molecule has 2 aromatic carbocycles. The van der Waals surface area contributed by atoms with Crippen molar-refractivity contribution in [3.8, 4) is 0 Å². The summed E-state index contributed by atoms with van der Waals surface area (Å²) >= 11 is 0. The Labute approximate surface area is 306 Å². The molecule has 0 heterocycles. The number of nitrogens with one attached hydrogen (secondary N) is 5. The maximum atomic E-state index is 13.3. The molecule has 5 amide bonds. The summed E-state index contributed by atoms with van der Waals surface area (Å²) in [6, 6.07) is 13.4. The predicted molar refractivity (Wildman–Crippen MR) is 194 cm³/mol. The van der Waals surface area contributed by atoms with Crippen LogP contribution in [-0.2, 0) is 46.5 Å². The highest BCUT2D eigenvalue weighted by Crippen LogP contribution is 2.16. The normalized spacial score (nSPS) is 15.1. The van der Waals surface area contributed by atoms with E-state index in [0.717, 1.165) is 11.1 Å². The van der Waals surface area contributed by atoms with E-state index in [-0.39, 0.29) is 31.3 Å². The number of carbonyl (C=O) groups excluding carboxylic acids is 6. The molecule has 0 aliphatic carbocycles. The van der Waals surface area contributed by atoms with Gasteiger partial charge in [0.1, 0.15) is 30.8 Å². The maximum Gasteiger partial charge on any atom is 0.408 e. The van der Waals surface area contributed by atoms with Gasteiger partial charge in [0.05, 0.1) is 19.3 Å². The zero-order chi connectivity index (χ0) is 39.0. The number of aliphatic hydroxyl groups excluding tert-OH is 1. The van der Waals surface area contributed by atoms with Crippen molar-refractivity contribution in [1.82, 2.24) is 26.6 Å². The van der Waals surface area contributed by atoms with Crippen LogP contribution in [0.3, 0.4) is 0 Å². The number of alkyl carbamates (subject to hydrolysis) is 1. The van der Waals surface area contributed by atoms with Gasteiger partial charge in [-0.15, -0.1) is 0 Å². The standard InChI is InChI=1S/C38H55N5O9/c1-22(2)31(36(48)43-32(23(3)4)37(49)51-8)42-33(45)24(5)19-30(44)29(20-27-15-11-9-12-16-27)41-35(47)25(6)39-34(46)26(7)40-38(50)52-21-28-17-13-10-14-18-28/h9-18,22-26,29-32,44H,19-21H2,1-8H3,(H,39,46)(H,40,50)(H,41,47)(H,42,45)(H,43,48)/t24-,25+,26+,29+,30+,31+,32+/m1/s1. The molecule has 0 radical (unpaired) electrons. The van der Waals surface area contributed by atoms with Gasteiger partial charge in [-0.25, -0.2) is 9.59 Å². The average molecular weight is 726 g/mol. The van der Waals surface area contributed by atoms with Gasteiger partial charge < -0.3 is 41.2 Å². The summed E-state index contributed by atoms with van der Waals surface area (Å²) in [6.45, 7) is 11.6. The fourth-order valence-electron chi connectivity index (χ4n) is 5.20. The van der Waals surface area contributed by atoms with E-state index in [9.17, 15) is 33.9 Å². The fraction of sp³-hybridized carbons (Fsp3) is 0.526. The Morgan fingerprint density at radius 3 is 1.65 bits per heavy atom. The molecule has 2 aromatic rings. The van der Waals surface area contributed by atoms with Gasteiger partial charge in [0.2, 0.25) is 23.6 Å². The molecule has 14 heteroatoms. The molecule has 286 valence electrons. The van der Waals surface area contributed by atoms with Gasteiger partial charge in [0.25, 0.3) is 0 Å². The van der Waals surface area contributed by atoms with Gasteiger partial charge in [-0.3, -0.25) is 19.2 Å². The van der Waals surface area contributed by atoms with Crippen LogP contribution in [0.4, 0.5) is 4.79 Å². The van der Waals surface area contributed by atoms with Crippen LogP contribution in [0.1, 0.15) is 66.0 Å². The number of hydrogen-bond acceptors (Lipinski definition) is 9. The summed E-state index contributed by atoms with van der Waals surface area (Å²) in [4.78, 5) is 77.0. The summed E-state index contributed by atoms with van der Waals surface area (Å²) < 4.78 is 9.97. The molecule has 2 rings (SSSR count). The lowest BCUT2D eigenvalue weighted by atomic mass is 9.92. The second kappa shape index (κ2) is 21.4. The Morgan fingerprint density at radius 1 is 0.615 bits per heavy atom. The van der Waals surface area contributed by atoms with E-state index >= 15 is 0 Å². The molecule has 0 bridgehead atoms. The summed E-state index contributed by atoms with van der Waals surface area (Å²) in [5.41, 5.74) is 1.59. The Bertz CT molecular complexity index is 1470. The van der Waals surface area contributed by atoms with Crippen LogP contribution in [0.25, 0.3) is 0 Å². The minimum atomic E-state index is -1.20. The van der Waals surface area contributed by atoms with Crippen LogP contribution < -0.4 is 26.6 Å². The van der Waals surface area contributed by atoms with Crippen LogP contribution in [0, 0.1) is 17.8 Å². The van der Waals surface area contributed by atoms with Gasteiger partial charge >= 0.3 is 12.1 Å². The first kappa shape index (κ1) is 43.2. The lowest BCUT2D eigenvalue weighted by molar-refractivity contribution is -0.147. The number of amides is 5. The van der Waals surface area contributed by atoms with Crippen molar-refractivity contribution in [2.75, 3.05) is 7.11 Å². The molecule has 0 aliphatic heterocycles. The molecular weight excluding hydrogens is 670 g/mol. The summed E-state index contributed by atoms with van der Waals surface area (Å²) in [5.74, 6) is -4.22. The van der Waals surface area contributed by atoms with E-state index in [4.69, 9.17) is 9.47 Å². The van der Waals surface area contributed by atoms with Crippen molar-refractivity contribution in [3.63, 3.8) is 0 Å². The number of ether oxygens (including phenoxy) is 2. The lowest BCUT2D eigenvalue weighted by Gasteiger charge is -2.29. The molecule has 6 N–H and O–H groups in total. The van der Waals surface area contributed by atoms with Crippen molar-refractivity contribution >= 4 is 35.7 Å². The predicted octanol–water partition coefficient (Wildman–Crippen LogP) is 2.38. The SMILES string of the molecule is COC(=O)[C@@H](NC(=O)[C@@H](NC(=O)[C@H](C)C[C@H](O)[C@H](Cc1ccccc1)NC(=O)[C@H](C)NC(=O)[C@H](C)NC(=O)OCc1ccccc1)C(C)C)C(C)C. The number of methoxy groups -OCH3 is 1. The number of benzene rings is 2. The van der Waals surface area contributed by atoms with Crippen LogP contribution in [0.15, 0.2) is 60.7 Å². The highest BCUT2D eigenvalue weighted by molar-refractivity contribution is 5.92.